The maximum atomic E-state index is 12.5. The number of halogens is 2. The number of hydrogen-bond acceptors (Lipinski definition) is 4. The molecule has 0 spiro atoms. The van der Waals surface area contributed by atoms with Crippen LogP contribution in [-0.4, -0.2) is 15.0 Å². The van der Waals surface area contributed by atoms with E-state index >= 15 is 0 Å². The second-order valence-corrected chi connectivity index (χ2v) is 6.84. The molecule has 0 aliphatic rings. The van der Waals surface area contributed by atoms with Crippen molar-refractivity contribution in [3.63, 3.8) is 0 Å². The Kier molecular flexibility index (Phi) is 4.53. The lowest BCUT2D eigenvalue weighted by atomic mass is 10.1. The van der Waals surface area contributed by atoms with E-state index in [1.165, 1.54) is 11.3 Å². The summed E-state index contributed by atoms with van der Waals surface area (Å²) < 4.78 is 44.4. The Hall–Kier alpha value is -2.06. The zero-order chi connectivity index (χ0) is 16.4. The summed E-state index contributed by atoms with van der Waals surface area (Å²) in [7, 11) is -2.45. The minimum absolute atomic E-state index is 0.362. The number of aryl methyl sites for hydroxylation is 1. The standard InChI is InChI=1S/C15H12F2N2O2S2/c1-9-18-14(8-22-9)21-13-7-6-12(19-23(20)15(16)17)10-4-2-3-5-11(10)13/h2-8,15,19H,1H3. The Morgan fingerprint density at radius 1 is 1.22 bits per heavy atom. The van der Waals surface area contributed by atoms with Gasteiger partial charge >= 0.3 is 5.76 Å². The van der Waals surface area contributed by atoms with Crippen molar-refractivity contribution < 1.29 is 17.7 Å². The van der Waals surface area contributed by atoms with Gasteiger partial charge in [0, 0.05) is 10.8 Å². The van der Waals surface area contributed by atoms with Crippen LogP contribution in [0.1, 0.15) is 5.01 Å². The maximum absolute atomic E-state index is 12.5. The molecule has 0 saturated carbocycles. The van der Waals surface area contributed by atoms with Gasteiger partial charge in [-0.25, -0.2) is 9.19 Å². The normalized spacial score (nSPS) is 12.5. The van der Waals surface area contributed by atoms with E-state index in [0.717, 1.165) is 10.4 Å². The number of nitrogens with zero attached hydrogens (tertiary/aromatic N) is 1. The smallest absolute Gasteiger partial charge is 0.330 e. The third-order valence-corrected chi connectivity index (χ3v) is 4.57. The first-order valence-corrected chi connectivity index (χ1v) is 8.71. The highest BCUT2D eigenvalue weighted by Crippen LogP contribution is 2.35. The molecular weight excluding hydrogens is 342 g/mol. The first-order chi connectivity index (χ1) is 11.0. The van der Waals surface area contributed by atoms with Crippen molar-refractivity contribution >= 4 is 38.8 Å². The van der Waals surface area contributed by atoms with Crippen molar-refractivity contribution in [2.24, 2.45) is 0 Å². The van der Waals surface area contributed by atoms with E-state index in [4.69, 9.17) is 4.74 Å². The Bertz CT molecular complexity index is 868. The molecule has 0 aliphatic heterocycles. The lowest BCUT2D eigenvalue weighted by molar-refractivity contribution is 0.244. The largest absolute Gasteiger partial charge is 0.437 e. The Morgan fingerprint density at radius 2 is 1.96 bits per heavy atom. The number of hydrogen-bond donors (Lipinski definition) is 1. The van der Waals surface area contributed by atoms with Crippen molar-refractivity contribution in [3.05, 3.63) is 46.8 Å². The summed E-state index contributed by atoms with van der Waals surface area (Å²) >= 11 is 1.47. The molecule has 4 nitrogen and oxygen atoms in total. The summed E-state index contributed by atoms with van der Waals surface area (Å²) in [6, 6.07) is 10.4. The van der Waals surface area contributed by atoms with Gasteiger partial charge in [0.2, 0.25) is 5.88 Å². The van der Waals surface area contributed by atoms with Gasteiger partial charge in [0.25, 0.3) is 0 Å². The van der Waals surface area contributed by atoms with Crippen LogP contribution in [0, 0.1) is 6.92 Å². The molecule has 8 heteroatoms. The summed E-state index contributed by atoms with van der Waals surface area (Å²) in [5.74, 6) is -1.92. The molecule has 0 amide bonds. The van der Waals surface area contributed by atoms with Crippen LogP contribution in [0.3, 0.4) is 0 Å². The Balaban J connectivity index is 2.00. The van der Waals surface area contributed by atoms with Crippen LogP contribution in [0.4, 0.5) is 14.5 Å². The fourth-order valence-corrected chi connectivity index (χ4v) is 3.10. The topological polar surface area (TPSA) is 51.2 Å². The van der Waals surface area contributed by atoms with Crippen LogP contribution in [0.5, 0.6) is 11.6 Å². The molecule has 2 aromatic carbocycles. The molecule has 3 aromatic rings. The molecule has 1 heterocycles. The van der Waals surface area contributed by atoms with Gasteiger partial charge in [-0.15, -0.1) is 11.3 Å². The monoisotopic (exact) mass is 354 g/mol. The predicted octanol–water partition coefficient (Wildman–Crippen LogP) is 4.70. The molecular formula is C15H12F2N2O2S2. The number of aromatic nitrogens is 1. The van der Waals surface area contributed by atoms with Gasteiger partial charge in [-0.3, -0.25) is 4.72 Å². The third kappa shape index (κ3) is 3.48. The fraction of sp³-hybridized carbons (Fsp3) is 0.133. The van der Waals surface area contributed by atoms with Gasteiger partial charge in [0.05, 0.1) is 16.1 Å². The molecule has 1 unspecified atom stereocenters. The molecule has 1 N–H and O–H groups in total. The van der Waals surface area contributed by atoms with Crippen molar-refractivity contribution in [2.45, 2.75) is 12.7 Å². The van der Waals surface area contributed by atoms with Crippen LogP contribution in [0.15, 0.2) is 41.8 Å². The van der Waals surface area contributed by atoms with Crippen LogP contribution < -0.4 is 9.46 Å². The molecule has 120 valence electrons. The van der Waals surface area contributed by atoms with E-state index in [-0.39, 0.29) is 0 Å². The van der Waals surface area contributed by atoms with E-state index < -0.39 is 16.7 Å². The minimum atomic E-state index is -2.96. The lowest BCUT2D eigenvalue weighted by Gasteiger charge is -2.12. The van der Waals surface area contributed by atoms with Crippen molar-refractivity contribution in [1.29, 1.82) is 0 Å². The molecule has 1 aromatic heterocycles. The van der Waals surface area contributed by atoms with Gasteiger partial charge < -0.3 is 4.74 Å². The molecule has 0 bridgehead atoms. The number of fused-ring (bicyclic) bond motifs is 1. The highest BCUT2D eigenvalue weighted by atomic mass is 32.2. The number of rotatable bonds is 5. The zero-order valence-electron chi connectivity index (χ0n) is 12.0. The number of benzene rings is 2. The molecule has 0 fully saturated rings. The second-order valence-electron chi connectivity index (χ2n) is 4.62. The van der Waals surface area contributed by atoms with Crippen LogP contribution in [-0.2, 0) is 11.0 Å². The van der Waals surface area contributed by atoms with Gasteiger partial charge in [0.1, 0.15) is 5.75 Å². The van der Waals surface area contributed by atoms with Gasteiger partial charge in [-0.05, 0) is 19.1 Å². The van der Waals surface area contributed by atoms with E-state index in [2.05, 4.69) is 9.71 Å². The lowest BCUT2D eigenvalue weighted by Crippen LogP contribution is -2.12. The van der Waals surface area contributed by atoms with E-state index in [9.17, 15) is 13.0 Å². The summed E-state index contributed by atoms with van der Waals surface area (Å²) in [5, 5.41) is 4.04. The maximum Gasteiger partial charge on any atom is 0.330 e. The number of anilines is 1. The molecule has 1 atom stereocenters. The molecule has 0 saturated heterocycles. The highest BCUT2D eigenvalue weighted by Gasteiger charge is 2.15. The SMILES string of the molecule is Cc1nc(Oc2ccc(NS(=O)C(F)F)c3ccccc23)cs1. The quantitative estimate of drug-likeness (QED) is 0.723. The average molecular weight is 354 g/mol. The van der Waals surface area contributed by atoms with E-state index in [1.807, 2.05) is 13.0 Å². The Labute approximate surface area is 137 Å². The molecule has 3 rings (SSSR count). The number of thiazole rings is 1. The molecule has 0 aliphatic carbocycles. The summed E-state index contributed by atoms with van der Waals surface area (Å²) in [6.07, 6.45) is 0. The number of ether oxygens (including phenoxy) is 1. The summed E-state index contributed by atoms with van der Waals surface area (Å²) in [6.45, 7) is 1.88. The second kappa shape index (κ2) is 6.59. The van der Waals surface area contributed by atoms with Gasteiger partial charge in [-0.2, -0.15) is 8.78 Å². The summed E-state index contributed by atoms with van der Waals surface area (Å²) in [4.78, 5) is 4.24. The molecule has 23 heavy (non-hydrogen) atoms. The van der Waals surface area contributed by atoms with Gasteiger partial charge in [-0.1, -0.05) is 24.3 Å². The zero-order valence-corrected chi connectivity index (χ0v) is 13.6. The van der Waals surface area contributed by atoms with Crippen LogP contribution in [0.25, 0.3) is 10.8 Å². The van der Waals surface area contributed by atoms with Crippen molar-refractivity contribution in [3.8, 4) is 11.6 Å². The summed E-state index contributed by atoms with van der Waals surface area (Å²) in [5.41, 5.74) is 0.362. The minimum Gasteiger partial charge on any atom is -0.437 e. The highest BCUT2D eigenvalue weighted by molar-refractivity contribution is 7.86. The van der Waals surface area contributed by atoms with Crippen LogP contribution in [0.2, 0.25) is 0 Å². The predicted molar refractivity (Wildman–Crippen MR) is 88.6 cm³/mol. The Morgan fingerprint density at radius 3 is 2.61 bits per heavy atom. The third-order valence-electron chi connectivity index (χ3n) is 3.07. The van der Waals surface area contributed by atoms with Crippen molar-refractivity contribution in [2.75, 3.05) is 4.72 Å². The average Bonchev–Trinajstić information content (AvgIpc) is 2.94. The molecule has 0 radical (unpaired) electrons. The first kappa shape index (κ1) is 15.8. The fourth-order valence-electron chi connectivity index (χ4n) is 2.11. The van der Waals surface area contributed by atoms with Crippen molar-refractivity contribution in [1.82, 2.24) is 4.98 Å². The van der Waals surface area contributed by atoms with E-state index in [0.29, 0.717) is 22.7 Å². The first-order valence-electron chi connectivity index (χ1n) is 6.61. The number of nitrogens with one attached hydrogen (secondary N) is 1. The van der Waals surface area contributed by atoms with Crippen LogP contribution >= 0.6 is 11.3 Å². The van der Waals surface area contributed by atoms with Gasteiger partial charge in [0.15, 0.2) is 11.0 Å². The number of alkyl halides is 2. The van der Waals surface area contributed by atoms with E-state index in [1.54, 1.807) is 35.7 Å².